The van der Waals surface area contributed by atoms with E-state index in [1.54, 1.807) is 0 Å². The molecule has 1 heteroatoms. The van der Waals surface area contributed by atoms with Gasteiger partial charge in [0.2, 0.25) is 0 Å². The SMILES string of the molecule is Cc1ccccc1CNC[C@@H](C)C(C)C. The predicted molar refractivity (Wildman–Crippen MR) is 66.9 cm³/mol. The molecule has 1 N–H and O–H groups in total. The van der Waals surface area contributed by atoms with Gasteiger partial charge in [-0.3, -0.25) is 0 Å². The zero-order valence-electron chi connectivity index (χ0n) is 10.4. The number of nitrogens with one attached hydrogen (secondary N) is 1. The molecule has 0 aliphatic rings. The molecule has 0 spiro atoms. The summed E-state index contributed by atoms with van der Waals surface area (Å²) >= 11 is 0. The summed E-state index contributed by atoms with van der Waals surface area (Å²) in [7, 11) is 0. The van der Waals surface area contributed by atoms with Gasteiger partial charge >= 0.3 is 0 Å². The first-order valence-electron chi connectivity index (χ1n) is 5.86. The molecule has 0 saturated heterocycles. The van der Waals surface area contributed by atoms with Gasteiger partial charge in [-0.2, -0.15) is 0 Å². The molecule has 0 aliphatic carbocycles. The maximum Gasteiger partial charge on any atom is 0.0208 e. The summed E-state index contributed by atoms with van der Waals surface area (Å²) in [6.45, 7) is 11.1. The summed E-state index contributed by atoms with van der Waals surface area (Å²) in [4.78, 5) is 0. The van der Waals surface area contributed by atoms with Crippen molar-refractivity contribution >= 4 is 0 Å². The van der Waals surface area contributed by atoms with Crippen LogP contribution >= 0.6 is 0 Å². The molecule has 0 aromatic heterocycles. The Kier molecular flexibility index (Phi) is 4.83. The van der Waals surface area contributed by atoms with E-state index in [0.717, 1.165) is 24.9 Å². The molecule has 0 unspecified atom stereocenters. The third kappa shape index (κ3) is 4.05. The normalized spacial score (nSPS) is 13.1. The Hall–Kier alpha value is -0.820. The van der Waals surface area contributed by atoms with Crippen molar-refractivity contribution in [3.8, 4) is 0 Å². The van der Waals surface area contributed by atoms with Crippen molar-refractivity contribution < 1.29 is 0 Å². The first-order valence-corrected chi connectivity index (χ1v) is 5.86. The lowest BCUT2D eigenvalue weighted by molar-refractivity contribution is 0.392. The predicted octanol–water partition coefficient (Wildman–Crippen LogP) is 3.38. The first kappa shape index (κ1) is 12.3. The van der Waals surface area contributed by atoms with Gasteiger partial charge in [0.15, 0.2) is 0 Å². The second-order valence-corrected chi connectivity index (χ2v) is 4.78. The first-order chi connectivity index (χ1) is 7.11. The Morgan fingerprint density at radius 2 is 1.80 bits per heavy atom. The van der Waals surface area contributed by atoms with Crippen molar-refractivity contribution in [3.05, 3.63) is 35.4 Å². The molecular formula is C14H23N. The second kappa shape index (κ2) is 5.92. The van der Waals surface area contributed by atoms with Crippen molar-refractivity contribution in [2.75, 3.05) is 6.54 Å². The second-order valence-electron chi connectivity index (χ2n) is 4.78. The molecule has 1 atom stereocenters. The smallest absolute Gasteiger partial charge is 0.0208 e. The molecule has 0 saturated carbocycles. The van der Waals surface area contributed by atoms with Gasteiger partial charge in [-0.15, -0.1) is 0 Å². The van der Waals surface area contributed by atoms with Crippen molar-refractivity contribution in [3.63, 3.8) is 0 Å². The Labute approximate surface area is 93.9 Å². The minimum absolute atomic E-state index is 0.744. The number of rotatable bonds is 5. The summed E-state index contributed by atoms with van der Waals surface area (Å²) in [5.74, 6) is 1.50. The average Bonchev–Trinajstić information content (AvgIpc) is 2.20. The highest BCUT2D eigenvalue weighted by Crippen LogP contribution is 2.09. The minimum atomic E-state index is 0.744. The third-order valence-corrected chi connectivity index (χ3v) is 3.18. The monoisotopic (exact) mass is 205 g/mol. The van der Waals surface area contributed by atoms with Gasteiger partial charge < -0.3 is 5.32 Å². The molecule has 1 aromatic carbocycles. The quantitative estimate of drug-likeness (QED) is 0.777. The van der Waals surface area contributed by atoms with Crippen molar-refractivity contribution in [1.29, 1.82) is 0 Å². The van der Waals surface area contributed by atoms with Gasteiger partial charge in [-0.05, 0) is 36.4 Å². The fraction of sp³-hybridized carbons (Fsp3) is 0.571. The van der Waals surface area contributed by atoms with Crippen molar-refractivity contribution in [2.24, 2.45) is 11.8 Å². The van der Waals surface area contributed by atoms with Gasteiger partial charge in [-0.1, -0.05) is 45.0 Å². The lowest BCUT2D eigenvalue weighted by Crippen LogP contribution is -2.24. The van der Waals surface area contributed by atoms with Crippen LogP contribution in [0.3, 0.4) is 0 Å². The van der Waals surface area contributed by atoms with Crippen LogP contribution in [0, 0.1) is 18.8 Å². The molecule has 0 aliphatic heterocycles. The third-order valence-electron chi connectivity index (χ3n) is 3.18. The molecular weight excluding hydrogens is 182 g/mol. The number of hydrogen-bond donors (Lipinski definition) is 1. The van der Waals surface area contributed by atoms with E-state index in [0.29, 0.717) is 0 Å². The Balaban J connectivity index is 2.35. The van der Waals surface area contributed by atoms with Crippen LogP contribution in [-0.4, -0.2) is 6.54 Å². The van der Waals surface area contributed by atoms with E-state index in [9.17, 15) is 0 Å². The molecule has 1 aromatic rings. The van der Waals surface area contributed by atoms with E-state index in [-0.39, 0.29) is 0 Å². The Morgan fingerprint density at radius 1 is 1.13 bits per heavy atom. The van der Waals surface area contributed by atoms with E-state index < -0.39 is 0 Å². The summed E-state index contributed by atoms with van der Waals surface area (Å²) in [5, 5.41) is 3.52. The zero-order chi connectivity index (χ0) is 11.3. The molecule has 0 fully saturated rings. The molecule has 0 amide bonds. The highest BCUT2D eigenvalue weighted by atomic mass is 14.9. The van der Waals surface area contributed by atoms with Crippen LogP contribution in [0.2, 0.25) is 0 Å². The lowest BCUT2D eigenvalue weighted by Gasteiger charge is -2.16. The zero-order valence-corrected chi connectivity index (χ0v) is 10.4. The summed E-state index contributed by atoms with van der Waals surface area (Å²) in [6, 6.07) is 8.57. The largest absolute Gasteiger partial charge is 0.312 e. The average molecular weight is 205 g/mol. The maximum absolute atomic E-state index is 3.52. The van der Waals surface area contributed by atoms with E-state index in [1.165, 1.54) is 11.1 Å². The Bertz CT molecular complexity index is 291. The number of benzene rings is 1. The van der Waals surface area contributed by atoms with Crippen LogP contribution in [-0.2, 0) is 6.54 Å². The molecule has 0 heterocycles. The molecule has 15 heavy (non-hydrogen) atoms. The van der Waals surface area contributed by atoms with Gasteiger partial charge in [-0.25, -0.2) is 0 Å². The highest BCUT2D eigenvalue weighted by molar-refractivity contribution is 5.25. The Morgan fingerprint density at radius 3 is 2.40 bits per heavy atom. The van der Waals surface area contributed by atoms with E-state index in [2.05, 4.69) is 57.3 Å². The van der Waals surface area contributed by atoms with Gasteiger partial charge in [0.05, 0.1) is 0 Å². The molecule has 1 nitrogen and oxygen atoms in total. The fourth-order valence-electron chi connectivity index (χ4n) is 1.48. The molecule has 0 radical (unpaired) electrons. The summed E-state index contributed by atoms with van der Waals surface area (Å²) < 4.78 is 0. The van der Waals surface area contributed by atoms with E-state index in [4.69, 9.17) is 0 Å². The van der Waals surface area contributed by atoms with Crippen LogP contribution in [0.15, 0.2) is 24.3 Å². The van der Waals surface area contributed by atoms with Crippen LogP contribution in [0.4, 0.5) is 0 Å². The summed E-state index contributed by atoms with van der Waals surface area (Å²) in [6.07, 6.45) is 0. The maximum atomic E-state index is 3.52. The standard InChI is InChI=1S/C14H23N/c1-11(2)13(4)9-15-10-14-8-6-5-7-12(14)3/h5-8,11,13,15H,9-10H2,1-4H3/t13-/m1/s1. The van der Waals surface area contributed by atoms with Crippen molar-refractivity contribution in [2.45, 2.75) is 34.2 Å². The molecule has 84 valence electrons. The highest BCUT2D eigenvalue weighted by Gasteiger charge is 2.06. The van der Waals surface area contributed by atoms with Gasteiger partial charge in [0.25, 0.3) is 0 Å². The number of aryl methyl sites for hydroxylation is 1. The van der Waals surface area contributed by atoms with Crippen LogP contribution in [0.25, 0.3) is 0 Å². The van der Waals surface area contributed by atoms with Crippen LogP contribution in [0.5, 0.6) is 0 Å². The lowest BCUT2D eigenvalue weighted by atomic mass is 9.98. The minimum Gasteiger partial charge on any atom is -0.312 e. The summed E-state index contributed by atoms with van der Waals surface area (Å²) in [5.41, 5.74) is 2.79. The van der Waals surface area contributed by atoms with Gasteiger partial charge in [0, 0.05) is 6.54 Å². The van der Waals surface area contributed by atoms with Gasteiger partial charge in [0.1, 0.15) is 0 Å². The van der Waals surface area contributed by atoms with Crippen LogP contribution < -0.4 is 5.32 Å². The molecule has 0 bridgehead atoms. The topological polar surface area (TPSA) is 12.0 Å². The fourth-order valence-corrected chi connectivity index (χ4v) is 1.48. The van der Waals surface area contributed by atoms with Crippen LogP contribution in [0.1, 0.15) is 31.9 Å². The molecule has 1 rings (SSSR count). The van der Waals surface area contributed by atoms with Crippen molar-refractivity contribution in [1.82, 2.24) is 5.32 Å². The van der Waals surface area contributed by atoms with E-state index in [1.807, 2.05) is 0 Å². The van der Waals surface area contributed by atoms with E-state index >= 15 is 0 Å². The number of hydrogen-bond acceptors (Lipinski definition) is 1.